The van der Waals surface area contributed by atoms with Gasteiger partial charge in [0.1, 0.15) is 0 Å². The predicted molar refractivity (Wildman–Crippen MR) is 68.6 cm³/mol. The van der Waals surface area contributed by atoms with Crippen molar-refractivity contribution in [3.63, 3.8) is 0 Å². The zero-order valence-electron chi connectivity index (χ0n) is 9.45. The summed E-state index contributed by atoms with van der Waals surface area (Å²) >= 11 is 1.92. The van der Waals surface area contributed by atoms with E-state index in [1.807, 2.05) is 11.3 Å². The maximum atomic E-state index is 2.32. The minimum atomic E-state index is 0.631. The first-order valence-corrected chi connectivity index (χ1v) is 6.16. The fraction of sp³-hybridized carbons (Fsp3) is 0.286. The van der Waals surface area contributed by atoms with Crippen molar-refractivity contribution in [1.82, 2.24) is 0 Å². The largest absolute Gasteiger partial charge is 0.140 e. The zero-order chi connectivity index (χ0) is 10.8. The van der Waals surface area contributed by atoms with Gasteiger partial charge in [-0.15, -0.1) is 11.3 Å². The summed E-state index contributed by atoms with van der Waals surface area (Å²) in [6, 6.07) is 13.0. The van der Waals surface area contributed by atoms with Crippen molar-refractivity contribution < 1.29 is 0 Å². The minimum Gasteiger partial charge on any atom is -0.140 e. The monoisotopic (exact) mass is 216 g/mol. The molecule has 0 atom stereocenters. The normalized spacial score (nSPS) is 10.9. The van der Waals surface area contributed by atoms with Gasteiger partial charge in [-0.3, -0.25) is 0 Å². The molecule has 0 N–H and O–H groups in total. The highest BCUT2D eigenvalue weighted by atomic mass is 32.1. The third-order valence-corrected chi connectivity index (χ3v) is 4.13. The van der Waals surface area contributed by atoms with Crippen LogP contribution in [0.15, 0.2) is 36.4 Å². The third kappa shape index (κ3) is 2.13. The van der Waals surface area contributed by atoms with E-state index in [4.69, 9.17) is 0 Å². The van der Waals surface area contributed by atoms with Crippen molar-refractivity contribution in [2.24, 2.45) is 0 Å². The predicted octanol–water partition coefficient (Wildman–Crippen LogP) is 4.85. The molecular weight excluding hydrogens is 200 g/mol. The molecular formula is C14H16S. The van der Waals surface area contributed by atoms with Crippen molar-refractivity contribution in [2.75, 3.05) is 0 Å². The van der Waals surface area contributed by atoms with Crippen LogP contribution in [-0.4, -0.2) is 0 Å². The molecule has 0 aliphatic carbocycles. The molecule has 2 rings (SSSR count). The number of thiophene rings is 1. The quantitative estimate of drug-likeness (QED) is 0.673. The minimum absolute atomic E-state index is 0.631. The first-order chi connectivity index (χ1) is 7.18. The Hall–Kier alpha value is -1.08. The van der Waals surface area contributed by atoms with E-state index in [2.05, 4.69) is 57.2 Å². The van der Waals surface area contributed by atoms with Gasteiger partial charge < -0.3 is 0 Å². The summed E-state index contributed by atoms with van der Waals surface area (Å²) in [5.41, 5.74) is 2.74. The SMILES string of the molecule is Cc1cc(C(C)C)sc1-c1ccccc1. The standard InChI is InChI=1S/C14H16S/c1-10(2)13-9-11(3)14(15-13)12-7-5-4-6-8-12/h4-10H,1-3H3. The highest BCUT2D eigenvalue weighted by Crippen LogP contribution is 2.35. The molecule has 0 aliphatic heterocycles. The molecule has 1 heterocycles. The Morgan fingerprint density at radius 1 is 1.07 bits per heavy atom. The Bertz CT molecular complexity index is 438. The molecule has 1 aromatic heterocycles. The summed E-state index contributed by atoms with van der Waals surface area (Å²) in [6.45, 7) is 6.70. The second-order valence-corrected chi connectivity index (χ2v) is 5.27. The van der Waals surface area contributed by atoms with Gasteiger partial charge in [0.15, 0.2) is 0 Å². The van der Waals surface area contributed by atoms with Crippen LogP contribution in [-0.2, 0) is 0 Å². The molecule has 2 aromatic rings. The van der Waals surface area contributed by atoms with Crippen LogP contribution in [0.2, 0.25) is 0 Å². The second kappa shape index (κ2) is 4.19. The number of hydrogen-bond acceptors (Lipinski definition) is 1. The van der Waals surface area contributed by atoms with Gasteiger partial charge in [0.05, 0.1) is 0 Å². The lowest BCUT2D eigenvalue weighted by atomic mass is 10.1. The molecule has 0 amide bonds. The van der Waals surface area contributed by atoms with Crippen LogP contribution < -0.4 is 0 Å². The molecule has 0 fully saturated rings. The summed E-state index contributed by atoms with van der Waals surface area (Å²) in [6.07, 6.45) is 0. The first kappa shape index (κ1) is 10.4. The Balaban J connectivity index is 2.45. The highest BCUT2D eigenvalue weighted by Gasteiger charge is 2.09. The average molecular weight is 216 g/mol. The molecule has 0 radical (unpaired) electrons. The summed E-state index contributed by atoms with van der Waals surface area (Å²) < 4.78 is 0. The van der Waals surface area contributed by atoms with Gasteiger partial charge >= 0.3 is 0 Å². The van der Waals surface area contributed by atoms with E-state index >= 15 is 0 Å². The molecule has 0 nitrogen and oxygen atoms in total. The van der Waals surface area contributed by atoms with Crippen LogP contribution in [0, 0.1) is 6.92 Å². The summed E-state index contributed by atoms with van der Waals surface area (Å²) in [5, 5.41) is 0. The van der Waals surface area contributed by atoms with Gasteiger partial charge in [0.2, 0.25) is 0 Å². The fourth-order valence-electron chi connectivity index (χ4n) is 1.67. The van der Waals surface area contributed by atoms with Crippen molar-refractivity contribution in [3.05, 3.63) is 46.8 Å². The van der Waals surface area contributed by atoms with Crippen molar-refractivity contribution in [2.45, 2.75) is 26.7 Å². The van der Waals surface area contributed by atoms with Crippen molar-refractivity contribution in [1.29, 1.82) is 0 Å². The van der Waals surface area contributed by atoms with Gasteiger partial charge in [0, 0.05) is 9.75 Å². The molecule has 0 spiro atoms. The van der Waals surface area contributed by atoms with Crippen LogP contribution >= 0.6 is 11.3 Å². The molecule has 0 saturated carbocycles. The van der Waals surface area contributed by atoms with E-state index in [9.17, 15) is 0 Å². The Morgan fingerprint density at radius 2 is 1.73 bits per heavy atom. The number of benzene rings is 1. The molecule has 1 aromatic carbocycles. The van der Waals surface area contributed by atoms with E-state index in [-0.39, 0.29) is 0 Å². The fourth-order valence-corrected chi connectivity index (χ4v) is 2.85. The lowest BCUT2D eigenvalue weighted by Gasteiger charge is -1.99. The first-order valence-electron chi connectivity index (χ1n) is 5.34. The van der Waals surface area contributed by atoms with Gasteiger partial charge in [-0.1, -0.05) is 44.2 Å². The average Bonchev–Trinajstić information content (AvgIpc) is 2.62. The van der Waals surface area contributed by atoms with E-state index in [0.717, 1.165) is 0 Å². The smallest absolute Gasteiger partial charge is 0.0374 e. The van der Waals surface area contributed by atoms with Gasteiger partial charge in [-0.2, -0.15) is 0 Å². The second-order valence-electron chi connectivity index (χ2n) is 4.18. The Morgan fingerprint density at radius 3 is 2.27 bits per heavy atom. The summed E-state index contributed by atoms with van der Waals surface area (Å²) in [5.74, 6) is 0.631. The van der Waals surface area contributed by atoms with Crippen LogP contribution in [0.3, 0.4) is 0 Å². The highest BCUT2D eigenvalue weighted by molar-refractivity contribution is 7.15. The Kier molecular flexibility index (Phi) is 2.92. The van der Waals surface area contributed by atoms with E-state index in [0.29, 0.717) is 5.92 Å². The van der Waals surface area contributed by atoms with E-state index < -0.39 is 0 Å². The van der Waals surface area contributed by atoms with E-state index in [1.165, 1.54) is 20.9 Å². The molecule has 1 heteroatoms. The molecule has 0 unspecified atom stereocenters. The third-order valence-electron chi connectivity index (χ3n) is 2.54. The van der Waals surface area contributed by atoms with E-state index in [1.54, 1.807) is 0 Å². The lowest BCUT2D eigenvalue weighted by molar-refractivity contribution is 0.889. The maximum absolute atomic E-state index is 2.32. The Labute approximate surface area is 95.6 Å². The molecule has 0 bridgehead atoms. The molecule has 0 saturated heterocycles. The molecule has 0 aliphatic rings. The lowest BCUT2D eigenvalue weighted by Crippen LogP contribution is -1.77. The summed E-state index contributed by atoms with van der Waals surface area (Å²) in [7, 11) is 0. The topological polar surface area (TPSA) is 0 Å². The van der Waals surface area contributed by atoms with Crippen molar-refractivity contribution >= 4 is 11.3 Å². The molecule has 78 valence electrons. The van der Waals surface area contributed by atoms with Crippen LogP contribution in [0.5, 0.6) is 0 Å². The summed E-state index contributed by atoms with van der Waals surface area (Å²) in [4.78, 5) is 2.89. The van der Waals surface area contributed by atoms with Crippen LogP contribution in [0.25, 0.3) is 10.4 Å². The number of aryl methyl sites for hydroxylation is 1. The van der Waals surface area contributed by atoms with Gasteiger partial charge in [-0.25, -0.2) is 0 Å². The van der Waals surface area contributed by atoms with Crippen molar-refractivity contribution in [3.8, 4) is 10.4 Å². The van der Waals surface area contributed by atoms with Crippen LogP contribution in [0.4, 0.5) is 0 Å². The number of hydrogen-bond donors (Lipinski definition) is 0. The van der Waals surface area contributed by atoms with Gasteiger partial charge in [0.25, 0.3) is 0 Å². The maximum Gasteiger partial charge on any atom is 0.0374 e. The van der Waals surface area contributed by atoms with Crippen LogP contribution in [0.1, 0.15) is 30.2 Å². The van der Waals surface area contributed by atoms with Gasteiger partial charge in [-0.05, 0) is 30.0 Å². The zero-order valence-corrected chi connectivity index (χ0v) is 10.3. The number of rotatable bonds is 2. The molecule has 15 heavy (non-hydrogen) atoms.